The Morgan fingerprint density at radius 1 is 1.47 bits per heavy atom. The van der Waals surface area contributed by atoms with Gasteiger partial charge in [-0.05, 0) is 45.4 Å². The third kappa shape index (κ3) is 2.42. The van der Waals surface area contributed by atoms with Crippen LogP contribution < -0.4 is 10.2 Å². The van der Waals surface area contributed by atoms with Crippen LogP contribution >= 0.6 is 0 Å². The van der Waals surface area contributed by atoms with Gasteiger partial charge in [-0.1, -0.05) is 6.07 Å². The Morgan fingerprint density at radius 3 is 3.05 bits per heavy atom. The molecule has 0 amide bonds. The van der Waals surface area contributed by atoms with Crippen LogP contribution in [0.4, 0.5) is 5.95 Å². The summed E-state index contributed by atoms with van der Waals surface area (Å²) in [7, 11) is 0. The van der Waals surface area contributed by atoms with Gasteiger partial charge >= 0.3 is 0 Å². The summed E-state index contributed by atoms with van der Waals surface area (Å²) < 4.78 is 1.92. The Labute approximate surface area is 113 Å². The van der Waals surface area contributed by atoms with Crippen molar-refractivity contribution in [3.63, 3.8) is 0 Å². The van der Waals surface area contributed by atoms with Crippen LogP contribution in [0.1, 0.15) is 25.5 Å². The lowest BCUT2D eigenvalue weighted by atomic mass is 10.2. The van der Waals surface area contributed by atoms with Crippen molar-refractivity contribution in [1.29, 1.82) is 0 Å². The molecule has 0 aliphatic carbocycles. The van der Waals surface area contributed by atoms with Crippen molar-refractivity contribution in [2.45, 2.75) is 32.7 Å². The average Bonchev–Trinajstić information content (AvgIpc) is 3.05. The predicted octanol–water partition coefficient (Wildman–Crippen LogP) is 1.62. The second-order valence-corrected chi connectivity index (χ2v) is 5.18. The van der Waals surface area contributed by atoms with E-state index in [-0.39, 0.29) is 0 Å². The molecule has 0 aromatic carbocycles. The predicted molar refractivity (Wildman–Crippen MR) is 76.6 cm³/mol. The fourth-order valence-corrected chi connectivity index (χ4v) is 2.69. The van der Waals surface area contributed by atoms with Crippen molar-refractivity contribution < 1.29 is 0 Å². The maximum atomic E-state index is 4.64. The first-order valence-electron chi connectivity index (χ1n) is 7.08. The topological polar surface area (TPSA) is 45.5 Å². The Hall–Kier alpha value is -1.62. The average molecular weight is 259 g/mol. The maximum Gasteiger partial charge on any atom is 0.245 e. The normalized spacial score (nSPS) is 19.2. The Balaban J connectivity index is 1.86. The highest BCUT2D eigenvalue weighted by molar-refractivity contribution is 5.45. The number of nitrogens with one attached hydrogen (secondary N) is 1. The van der Waals surface area contributed by atoms with E-state index in [1.807, 2.05) is 16.6 Å². The number of fused-ring (bicyclic) bond motifs is 1. The Bertz CT molecular complexity index is 556. The first kappa shape index (κ1) is 12.4. The number of aromatic nitrogens is 3. The van der Waals surface area contributed by atoms with Gasteiger partial charge in [-0.3, -0.25) is 0 Å². The standard InChI is InChI=1S/C14H21N5/c1-3-18(10-12-7-5-9-15-12)14-16-13-8-4-6-11(2)19(13)17-14/h4,6,8,12,15H,3,5,7,9-10H2,1-2H3. The second-order valence-electron chi connectivity index (χ2n) is 5.18. The molecule has 1 fully saturated rings. The summed E-state index contributed by atoms with van der Waals surface area (Å²) in [5, 5.41) is 8.16. The molecule has 2 aromatic heterocycles. The van der Waals surface area contributed by atoms with Gasteiger partial charge in [0.2, 0.25) is 5.95 Å². The fraction of sp³-hybridized carbons (Fsp3) is 0.571. The molecule has 1 aliphatic rings. The summed E-state index contributed by atoms with van der Waals surface area (Å²) >= 11 is 0. The van der Waals surface area contributed by atoms with Crippen molar-refractivity contribution in [2.75, 3.05) is 24.5 Å². The summed E-state index contributed by atoms with van der Waals surface area (Å²) in [6, 6.07) is 6.66. The molecule has 102 valence electrons. The van der Waals surface area contributed by atoms with Crippen LogP contribution in [-0.4, -0.2) is 40.3 Å². The van der Waals surface area contributed by atoms with Crippen molar-refractivity contribution in [3.8, 4) is 0 Å². The van der Waals surface area contributed by atoms with E-state index in [4.69, 9.17) is 0 Å². The van der Waals surface area contributed by atoms with E-state index in [1.54, 1.807) is 0 Å². The van der Waals surface area contributed by atoms with Gasteiger partial charge in [0.1, 0.15) is 0 Å². The van der Waals surface area contributed by atoms with Gasteiger partial charge < -0.3 is 10.2 Å². The molecule has 19 heavy (non-hydrogen) atoms. The van der Waals surface area contributed by atoms with Crippen molar-refractivity contribution in [1.82, 2.24) is 19.9 Å². The zero-order valence-corrected chi connectivity index (χ0v) is 11.6. The second kappa shape index (κ2) is 5.17. The van der Waals surface area contributed by atoms with Crippen LogP contribution in [0.2, 0.25) is 0 Å². The molecule has 0 bridgehead atoms. The highest BCUT2D eigenvalue weighted by atomic mass is 15.4. The van der Waals surface area contributed by atoms with Gasteiger partial charge in [-0.15, -0.1) is 5.10 Å². The lowest BCUT2D eigenvalue weighted by Gasteiger charge is -2.22. The quantitative estimate of drug-likeness (QED) is 0.906. The monoisotopic (exact) mass is 259 g/mol. The first-order valence-corrected chi connectivity index (χ1v) is 7.08. The van der Waals surface area contributed by atoms with E-state index in [0.29, 0.717) is 6.04 Å². The highest BCUT2D eigenvalue weighted by Gasteiger charge is 2.19. The van der Waals surface area contributed by atoms with Crippen molar-refractivity contribution in [3.05, 3.63) is 23.9 Å². The summed E-state index contributed by atoms with van der Waals surface area (Å²) in [6.07, 6.45) is 2.53. The Kier molecular flexibility index (Phi) is 3.38. The van der Waals surface area contributed by atoms with Crippen LogP contribution in [0.15, 0.2) is 18.2 Å². The molecule has 1 saturated heterocycles. The number of anilines is 1. The smallest absolute Gasteiger partial charge is 0.245 e. The lowest BCUT2D eigenvalue weighted by molar-refractivity contribution is 0.580. The molecule has 0 saturated carbocycles. The van der Waals surface area contributed by atoms with Gasteiger partial charge in [0, 0.05) is 24.8 Å². The van der Waals surface area contributed by atoms with E-state index in [1.165, 1.54) is 12.8 Å². The maximum absolute atomic E-state index is 4.64. The molecule has 2 aromatic rings. The minimum absolute atomic E-state index is 0.577. The number of nitrogens with zero attached hydrogens (tertiary/aromatic N) is 4. The molecule has 1 unspecified atom stereocenters. The van der Waals surface area contributed by atoms with Crippen LogP contribution in [0.5, 0.6) is 0 Å². The molecule has 5 nitrogen and oxygen atoms in total. The van der Waals surface area contributed by atoms with Crippen molar-refractivity contribution in [2.24, 2.45) is 0 Å². The molecular formula is C14H21N5. The van der Waals surface area contributed by atoms with Crippen molar-refractivity contribution >= 4 is 11.6 Å². The van der Waals surface area contributed by atoms with Gasteiger partial charge in [0.25, 0.3) is 0 Å². The molecule has 5 heteroatoms. The summed E-state index contributed by atoms with van der Waals surface area (Å²) in [4.78, 5) is 6.90. The molecule has 3 heterocycles. The Morgan fingerprint density at radius 2 is 2.37 bits per heavy atom. The van der Waals surface area contributed by atoms with Gasteiger partial charge in [0.05, 0.1) is 0 Å². The van der Waals surface area contributed by atoms with E-state index in [0.717, 1.165) is 36.9 Å². The zero-order chi connectivity index (χ0) is 13.2. The van der Waals surface area contributed by atoms with Crippen LogP contribution in [0, 0.1) is 6.92 Å². The fourth-order valence-electron chi connectivity index (χ4n) is 2.69. The van der Waals surface area contributed by atoms with Crippen LogP contribution in [0.3, 0.4) is 0 Å². The van der Waals surface area contributed by atoms with Gasteiger partial charge in [-0.25, -0.2) is 4.52 Å². The number of hydrogen-bond donors (Lipinski definition) is 1. The number of hydrogen-bond acceptors (Lipinski definition) is 4. The minimum atomic E-state index is 0.577. The number of rotatable bonds is 4. The third-order valence-electron chi connectivity index (χ3n) is 3.81. The summed E-state index contributed by atoms with van der Waals surface area (Å²) in [6.45, 7) is 7.29. The third-order valence-corrected chi connectivity index (χ3v) is 3.81. The molecule has 3 rings (SSSR count). The van der Waals surface area contributed by atoms with E-state index >= 15 is 0 Å². The minimum Gasteiger partial charge on any atom is -0.338 e. The van der Waals surface area contributed by atoms with E-state index < -0.39 is 0 Å². The molecule has 0 spiro atoms. The number of aryl methyl sites for hydroxylation is 1. The lowest BCUT2D eigenvalue weighted by Crippen LogP contribution is -2.38. The number of likely N-dealkylation sites (N-methyl/N-ethyl adjacent to an activating group) is 1. The largest absolute Gasteiger partial charge is 0.338 e. The molecule has 1 N–H and O–H groups in total. The van der Waals surface area contributed by atoms with Gasteiger partial charge in [0.15, 0.2) is 5.65 Å². The highest BCUT2D eigenvalue weighted by Crippen LogP contribution is 2.15. The number of pyridine rings is 1. The van der Waals surface area contributed by atoms with E-state index in [2.05, 4.69) is 40.2 Å². The van der Waals surface area contributed by atoms with Gasteiger partial charge in [-0.2, -0.15) is 4.98 Å². The van der Waals surface area contributed by atoms with Crippen LogP contribution in [-0.2, 0) is 0 Å². The summed E-state index contributed by atoms with van der Waals surface area (Å²) in [5.41, 5.74) is 2.04. The molecule has 1 aliphatic heterocycles. The first-order chi connectivity index (χ1) is 9.28. The molecule has 0 radical (unpaired) electrons. The molecular weight excluding hydrogens is 238 g/mol. The SMILES string of the molecule is CCN(CC1CCCN1)c1nc2cccc(C)n2n1. The van der Waals surface area contributed by atoms with Crippen LogP contribution in [0.25, 0.3) is 5.65 Å². The van der Waals surface area contributed by atoms with E-state index in [9.17, 15) is 0 Å². The zero-order valence-electron chi connectivity index (χ0n) is 11.6. The molecule has 1 atom stereocenters. The summed E-state index contributed by atoms with van der Waals surface area (Å²) in [5.74, 6) is 0.838.